The van der Waals surface area contributed by atoms with Crippen LogP contribution in [0.5, 0.6) is 0 Å². The third kappa shape index (κ3) is 2.68. The fourth-order valence-corrected chi connectivity index (χ4v) is 2.34. The molecular formula is C14H16FN5. The lowest BCUT2D eigenvalue weighted by Crippen LogP contribution is -2.47. The summed E-state index contributed by atoms with van der Waals surface area (Å²) in [4.78, 5) is 7.93. The largest absolute Gasteiger partial charge is 0.368 e. The van der Waals surface area contributed by atoms with Gasteiger partial charge < -0.3 is 9.80 Å². The molecule has 20 heavy (non-hydrogen) atoms. The monoisotopic (exact) mass is 273 g/mol. The highest BCUT2D eigenvalue weighted by atomic mass is 19.1. The zero-order valence-corrected chi connectivity index (χ0v) is 11.3. The van der Waals surface area contributed by atoms with E-state index in [9.17, 15) is 4.39 Å². The summed E-state index contributed by atoms with van der Waals surface area (Å²) in [6, 6.07) is 7.27. The van der Waals surface area contributed by atoms with E-state index >= 15 is 0 Å². The lowest BCUT2D eigenvalue weighted by molar-refractivity contribution is 0.580. The van der Waals surface area contributed by atoms with Crippen LogP contribution in [-0.2, 0) is 0 Å². The van der Waals surface area contributed by atoms with Gasteiger partial charge in [-0.05, 0) is 25.1 Å². The summed E-state index contributed by atoms with van der Waals surface area (Å²) in [6.07, 6.45) is 1.50. The van der Waals surface area contributed by atoms with Gasteiger partial charge in [0.25, 0.3) is 0 Å². The third-order valence-corrected chi connectivity index (χ3v) is 3.46. The topological polar surface area (TPSA) is 45.2 Å². The van der Waals surface area contributed by atoms with E-state index in [0.29, 0.717) is 0 Å². The molecule has 6 heteroatoms. The second-order valence-electron chi connectivity index (χ2n) is 4.84. The van der Waals surface area contributed by atoms with E-state index in [2.05, 4.69) is 25.0 Å². The van der Waals surface area contributed by atoms with Crippen LogP contribution in [-0.4, -0.2) is 41.4 Å². The van der Waals surface area contributed by atoms with E-state index < -0.39 is 5.95 Å². The smallest absolute Gasteiger partial charge is 0.214 e. The number of nitrogens with zero attached hydrogens (tertiary/aromatic N) is 5. The number of anilines is 2. The first-order chi connectivity index (χ1) is 9.72. The molecule has 0 amide bonds. The highest BCUT2D eigenvalue weighted by Gasteiger charge is 2.18. The molecule has 0 atom stereocenters. The molecule has 3 heterocycles. The van der Waals surface area contributed by atoms with Crippen molar-refractivity contribution in [2.75, 3.05) is 36.0 Å². The highest BCUT2D eigenvalue weighted by Crippen LogP contribution is 2.18. The minimum absolute atomic E-state index is 0.436. The van der Waals surface area contributed by atoms with Gasteiger partial charge in [0.05, 0.1) is 5.69 Å². The lowest BCUT2D eigenvalue weighted by atomic mass is 10.2. The van der Waals surface area contributed by atoms with Crippen molar-refractivity contribution >= 4 is 11.5 Å². The van der Waals surface area contributed by atoms with Gasteiger partial charge in [-0.3, -0.25) is 0 Å². The molecule has 0 aliphatic carbocycles. The first-order valence-corrected chi connectivity index (χ1v) is 6.64. The van der Waals surface area contributed by atoms with E-state index in [-0.39, 0.29) is 0 Å². The third-order valence-electron chi connectivity index (χ3n) is 3.46. The van der Waals surface area contributed by atoms with Crippen LogP contribution in [0, 0.1) is 12.9 Å². The SMILES string of the molecule is Cc1ccc(N2CCN(c3ccnc(F)c3)CC2)nn1. The van der Waals surface area contributed by atoms with Crippen molar-refractivity contribution in [1.82, 2.24) is 15.2 Å². The maximum atomic E-state index is 13.1. The second kappa shape index (κ2) is 5.40. The molecule has 0 radical (unpaired) electrons. The Hall–Kier alpha value is -2.24. The Bertz CT molecular complexity index is 578. The summed E-state index contributed by atoms with van der Waals surface area (Å²) in [6.45, 7) is 5.29. The Kier molecular flexibility index (Phi) is 3.45. The van der Waals surface area contributed by atoms with Crippen molar-refractivity contribution in [3.05, 3.63) is 42.1 Å². The number of hydrogen-bond acceptors (Lipinski definition) is 5. The van der Waals surface area contributed by atoms with E-state index in [4.69, 9.17) is 0 Å². The van der Waals surface area contributed by atoms with Crippen LogP contribution in [0.15, 0.2) is 30.5 Å². The molecule has 5 nitrogen and oxygen atoms in total. The summed E-state index contributed by atoms with van der Waals surface area (Å²) >= 11 is 0. The summed E-state index contributed by atoms with van der Waals surface area (Å²) < 4.78 is 13.1. The van der Waals surface area contributed by atoms with Crippen molar-refractivity contribution in [3.8, 4) is 0 Å². The van der Waals surface area contributed by atoms with Crippen LogP contribution in [0.2, 0.25) is 0 Å². The Morgan fingerprint density at radius 2 is 1.75 bits per heavy atom. The van der Waals surface area contributed by atoms with Gasteiger partial charge >= 0.3 is 0 Å². The molecule has 104 valence electrons. The van der Waals surface area contributed by atoms with E-state index in [1.165, 1.54) is 12.3 Å². The highest BCUT2D eigenvalue weighted by molar-refractivity contribution is 5.48. The van der Waals surface area contributed by atoms with E-state index in [1.54, 1.807) is 0 Å². The molecule has 0 saturated carbocycles. The molecule has 1 aliphatic heterocycles. The van der Waals surface area contributed by atoms with Gasteiger partial charge in [0, 0.05) is 44.1 Å². The van der Waals surface area contributed by atoms with Crippen LogP contribution in [0.3, 0.4) is 0 Å². The Balaban J connectivity index is 1.66. The summed E-state index contributed by atoms with van der Waals surface area (Å²) in [7, 11) is 0. The number of halogens is 1. The molecule has 1 fully saturated rings. The summed E-state index contributed by atoms with van der Waals surface area (Å²) in [5, 5.41) is 8.28. The lowest BCUT2D eigenvalue weighted by Gasteiger charge is -2.36. The average molecular weight is 273 g/mol. The standard InChI is InChI=1S/C14H16FN5/c1-11-2-3-14(18-17-11)20-8-6-19(7-9-20)12-4-5-16-13(15)10-12/h2-5,10H,6-9H2,1H3. The van der Waals surface area contributed by atoms with Gasteiger partial charge in [0.15, 0.2) is 5.82 Å². The Morgan fingerprint density at radius 1 is 1.00 bits per heavy atom. The molecule has 0 N–H and O–H groups in total. The minimum atomic E-state index is -0.436. The first-order valence-electron chi connectivity index (χ1n) is 6.64. The van der Waals surface area contributed by atoms with Crippen molar-refractivity contribution in [2.45, 2.75) is 6.92 Å². The number of pyridine rings is 1. The molecule has 1 aliphatic rings. The van der Waals surface area contributed by atoms with Gasteiger partial charge in [-0.15, -0.1) is 5.10 Å². The Labute approximate surface area is 117 Å². The van der Waals surface area contributed by atoms with E-state index in [0.717, 1.165) is 43.4 Å². The maximum Gasteiger partial charge on any atom is 0.214 e. The van der Waals surface area contributed by atoms with Crippen molar-refractivity contribution in [2.24, 2.45) is 0 Å². The fraction of sp³-hybridized carbons (Fsp3) is 0.357. The molecule has 0 bridgehead atoms. The normalized spacial score (nSPS) is 15.5. The minimum Gasteiger partial charge on any atom is -0.368 e. The molecule has 3 rings (SSSR count). The predicted octanol–water partition coefficient (Wildman–Crippen LogP) is 1.65. The molecule has 1 saturated heterocycles. The first kappa shape index (κ1) is 12.8. The van der Waals surface area contributed by atoms with Gasteiger partial charge in [-0.1, -0.05) is 0 Å². The van der Waals surface area contributed by atoms with Crippen LogP contribution in [0.1, 0.15) is 5.69 Å². The number of aryl methyl sites for hydroxylation is 1. The number of hydrogen-bond donors (Lipinski definition) is 0. The quantitative estimate of drug-likeness (QED) is 0.778. The summed E-state index contributed by atoms with van der Waals surface area (Å²) in [5.74, 6) is 0.463. The summed E-state index contributed by atoms with van der Waals surface area (Å²) in [5.41, 5.74) is 1.80. The number of aromatic nitrogens is 3. The predicted molar refractivity (Wildman–Crippen MR) is 75.4 cm³/mol. The Morgan fingerprint density at radius 3 is 2.40 bits per heavy atom. The van der Waals surface area contributed by atoms with Crippen molar-refractivity contribution < 1.29 is 4.39 Å². The van der Waals surface area contributed by atoms with Crippen molar-refractivity contribution in [1.29, 1.82) is 0 Å². The van der Waals surface area contributed by atoms with Gasteiger partial charge in [-0.2, -0.15) is 9.49 Å². The molecule has 2 aromatic rings. The van der Waals surface area contributed by atoms with Crippen LogP contribution < -0.4 is 9.80 Å². The van der Waals surface area contributed by atoms with Gasteiger partial charge in [0.2, 0.25) is 5.95 Å². The fourth-order valence-electron chi connectivity index (χ4n) is 2.34. The zero-order chi connectivity index (χ0) is 13.9. The van der Waals surface area contributed by atoms with E-state index in [1.807, 2.05) is 25.1 Å². The van der Waals surface area contributed by atoms with Gasteiger partial charge in [-0.25, -0.2) is 4.98 Å². The van der Waals surface area contributed by atoms with Gasteiger partial charge in [0.1, 0.15) is 0 Å². The average Bonchev–Trinajstić information content (AvgIpc) is 2.48. The van der Waals surface area contributed by atoms with Crippen LogP contribution in [0.25, 0.3) is 0 Å². The number of rotatable bonds is 2. The maximum absolute atomic E-state index is 13.1. The van der Waals surface area contributed by atoms with Crippen LogP contribution in [0.4, 0.5) is 15.9 Å². The molecule has 2 aromatic heterocycles. The molecule has 0 aromatic carbocycles. The molecular weight excluding hydrogens is 257 g/mol. The van der Waals surface area contributed by atoms with Crippen molar-refractivity contribution in [3.63, 3.8) is 0 Å². The van der Waals surface area contributed by atoms with Crippen LogP contribution >= 0.6 is 0 Å². The second-order valence-corrected chi connectivity index (χ2v) is 4.84. The zero-order valence-electron chi connectivity index (χ0n) is 11.3. The molecule has 0 unspecified atom stereocenters. The number of piperazine rings is 1. The molecule has 0 spiro atoms.